The van der Waals surface area contributed by atoms with E-state index in [1.54, 1.807) is 4.90 Å². The Bertz CT molecular complexity index is 1060. The van der Waals surface area contributed by atoms with Crippen LogP contribution in [0.2, 0.25) is 0 Å². The molecule has 2 aromatic rings. The molecule has 1 saturated heterocycles. The summed E-state index contributed by atoms with van der Waals surface area (Å²) in [4.78, 5) is 43.4. The molecule has 2 N–H and O–H groups in total. The van der Waals surface area contributed by atoms with Crippen molar-refractivity contribution in [2.24, 2.45) is 11.8 Å². The van der Waals surface area contributed by atoms with E-state index in [0.717, 1.165) is 21.5 Å². The maximum atomic E-state index is 14.1. The third-order valence-corrected chi connectivity index (χ3v) is 8.20. The summed E-state index contributed by atoms with van der Waals surface area (Å²) in [7, 11) is 0. The van der Waals surface area contributed by atoms with Gasteiger partial charge in [0.1, 0.15) is 18.1 Å². The molecule has 1 aromatic heterocycles. The SMILES string of the molecule is CC(C)C[C@@H]1C(=O)NC(C2Cc3ccccc3C2)C(=O)N1[C@@H](C(=O)NC(C)C)c1ccc(Br)s1. The first-order valence-electron chi connectivity index (χ1n) is 11.9. The fraction of sp³-hybridized carbons (Fsp3) is 0.500. The zero-order chi connectivity index (χ0) is 24.6. The minimum absolute atomic E-state index is 0.0276. The van der Waals surface area contributed by atoms with Crippen LogP contribution >= 0.6 is 27.3 Å². The molecule has 8 heteroatoms. The Balaban J connectivity index is 1.73. The van der Waals surface area contributed by atoms with Crippen molar-refractivity contribution in [2.45, 2.75) is 71.1 Å². The van der Waals surface area contributed by atoms with Gasteiger partial charge in [-0.2, -0.15) is 0 Å². The molecule has 6 nitrogen and oxygen atoms in total. The number of thiophene rings is 1. The van der Waals surface area contributed by atoms with Crippen LogP contribution in [0.4, 0.5) is 0 Å². The molecule has 1 fully saturated rings. The second kappa shape index (κ2) is 10.2. The number of fused-ring (bicyclic) bond motifs is 1. The van der Waals surface area contributed by atoms with Crippen LogP contribution in [0.5, 0.6) is 0 Å². The second-order valence-corrected chi connectivity index (χ2v) is 12.5. The molecule has 0 bridgehead atoms. The predicted octanol–water partition coefficient (Wildman–Crippen LogP) is 4.23. The predicted molar refractivity (Wildman–Crippen MR) is 137 cm³/mol. The number of nitrogens with zero attached hydrogens (tertiary/aromatic N) is 1. The van der Waals surface area contributed by atoms with Gasteiger partial charge in [0.25, 0.3) is 0 Å². The minimum Gasteiger partial charge on any atom is -0.352 e. The Hall–Kier alpha value is -2.19. The van der Waals surface area contributed by atoms with Gasteiger partial charge in [-0.05, 0) is 84.1 Å². The summed E-state index contributed by atoms with van der Waals surface area (Å²) in [6.07, 6.45) is 1.97. The highest BCUT2D eigenvalue weighted by atomic mass is 79.9. The second-order valence-electron chi connectivity index (χ2n) is 10.0. The van der Waals surface area contributed by atoms with Crippen molar-refractivity contribution in [1.82, 2.24) is 15.5 Å². The van der Waals surface area contributed by atoms with Gasteiger partial charge in [-0.15, -0.1) is 11.3 Å². The van der Waals surface area contributed by atoms with E-state index in [2.05, 4.69) is 38.7 Å². The lowest BCUT2D eigenvalue weighted by atomic mass is 9.88. The topological polar surface area (TPSA) is 78.5 Å². The molecule has 2 aliphatic rings. The maximum Gasteiger partial charge on any atom is 0.248 e. The monoisotopic (exact) mass is 545 g/mol. The number of halogens is 1. The van der Waals surface area contributed by atoms with Crippen LogP contribution in [0.15, 0.2) is 40.2 Å². The van der Waals surface area contributed by atoms with Crippen LogP contribution in [0.1, 0.15) is 56.2 Å². The number of nitrogens with one attached hydrogen (secondary N) is 2. The van der Waals surface area contributed by atoms with Crippen molar-refractivity contribution in [2.75, 3.05) is 0 Å². The summed E-state index contributed by atoms with van der Waals surface area (Å²) in [5.74, 6) is -0.444. The van der Waals surface area contributed by atoms with Gasteiger partial charge in [0.15, 0.2) is 0 Å². The first kappa shape index (κ1) is 24.9. The Morgan fingerprint density at radius 3 is 2.29 bits per heavy atom. The van der Waals surface area contributed by atoms with Crippen molar-refractivity contribution in [1.29, 1.82) is 0 Å². The number of benzene rings is 1. The van der Waals surface area contributed by atoms with E-state index >= 15 is 0 Å². The summed E-state index contributed by atoms with van der Waals surface area (Å²) in [6.45, 7) is 7.85. The Morgan fingerprint density at radius 2 is 1.76 bits per heavy atom. The molecule has 2 heterocycles. The molecule has 0 saturated carbocycles. The molecule has 1 aliphatic heterocycles. The molecule has 182 valence electrons. The molecule has 4 rings (SSSR count). The van der Waals surface area contributed by atoms with Gasteiger partial charge in [0, 0.05) is 10.9 Å². The molecule has 34 heavy (non-hydrogen) atoms. The van der Waals surface area contributed by atoms with E-state index in [1.807, 2.05) is 52.0 Å². The van der Waals surface area contributed by atoms with Crippen LogP contribution in [0, 0.1) is 11.8 Å². The summed E-state index contributed by atoms with van der Waals surface area (Å²) >= 11 is 4.92. The van der Waals surface area contributed by atoms with Gasteiger partial charge in [0.2, 0.25) is 17.7 Å². The van der Waals surface area contributed by atoms with E-state index < -0.39 is 18.1 Å². The normalized spacial score (nSPS) is 21.7. The summed E-state index contributed by atoms with van der Waals surface area (Å²) < 4.78 is 0.877. The highest BCUT2D eigenvalue weighted by molar-refractivity contribution is 9.11. The summed E-state index contributed by atoms with van der Waals surface area (Å²) in [6, 6.07) is 9.65. The first-order chi connectivity index (χ1) is 16.2. The van der Waals surface area contributed by atoms with Gasteiger partial charge >= 0.3 is 0 Å². The summed E-state index contributed by atoms with van der Waals surface area (Å²) in [5, 5.41) is 6.03. The Morgan fingerprint density at radius 1 is 1.12 bits per heavy atom. The lowest BCUT2D eigenvalue weighted by Gasteiger charge is -2.44. The van der Waals surface area contributed by atoms with Gasteiger partial charge < -0.3 is 15.5 Å². The van der Waals surface area contributed by atoms with Crippen LogP contribution in [-0.4, -0.2) is 40.7 Å². The Kier molecular flexibility index (Phi) is 7.48. The average Bonchev–Trinajstić information content (AvgIpc) is 3.38. The van der Waals surface area contributed by atoms with Crippen LogP contribution in [-0.2, 0) is 27.2 Å². The number of hydrogen-bond acceptors (Lipinski definition) is 4. The van der Waals surface area contributed by atoms with Crippen molar-refractivity contribution < 1.29 is 14.4 Å². The zero-order valence-corrected chi connectivity index (χ0v) is 22.4. The molecule has 1 aliphatic carbocycles. The average molecular weight is 547 g/mol. The standard InChI is InChI=1S/C26H32BrN3O3S/c1-14(2)11-19-24(31)29-22(18-12-16-7-5-6-8-17(16)13-18)26(33)30(19)23(25(32)28-15(3)4)20-9-10-21(27)34-20/h5-10,14-15,18-19,22-23H,11-13H2,1-4H3,(H,28,32)(H,29,31)/t19-,22?,23-/m1/s1. The van der Waals surface area contributed by atoms with E-state index in [1.165, 1.54) is 22.5 Å². The third kappa shape index (κ3) is 5.08. The van der Waals surface area contributed by atoms with Gasteiger partial charge in [-0.1, -0.05) is 38.1 Å². The lowest BCUT2D eigenvalue weighted by Crippen LogP contribution is -2.67. The molecule has 3 amide bonds. The fourth-order valence-electron chi connectivity index (χ4n) is 5.11. The van der Waals surface area contributed by atoms with Crippen molar-refractivity contribution in [3.05, 3.63) is 56.2 Å². The summed E-state index contributed by atoms with van der Waals surface area (Å²) in [5.41, 5.74) is 2.45. The molecule has 1 aromatic carbocycles. The third-order valence-electron chi connectivity index (χ3n) is 6.53. The van der Waals surface area contributed by atoms with E-state index in [0.29, 0.717) is 6.42 Å². The molecule has 0 radical (unpaired) electrons. The highest BCUT2D eigenvalue weighted by Crippen LogP contribution is 2.38. The van der Waals surface area contributed by atoms with E-state index in [4.69, 9.17) is 0 Å². The molecule has 0 spiro atoms. The zero-order valence-electron chi connectivity index (χ0n) is 20.0. The minimum atomic E-state index is -0.854. The largest absolute Gasteiger partial charge is 0.352 e. The van der Waals surface area contributed by atoms with Gasteiger partial charge in [-0.3, -0.25) is 14.4 Å². The number of carbonyl (C=O) groups excluding carboxylic acids is 3. The number of amides is 3. The quantitative estimate of drug-likeness (QED) is 0.546. The number of piperazine rings is 1. The molecular weight excluding hydrogens is 514 g/mol. The van der Waals surface area contributed by atoms with Crippen molar-refractivity contribution in [3.8, 4) is 0 Å². The highest BCUT2D eigenvalue weighted by Gasteiger charge is 2.49. The number of carbonyl (C=O) groups is 3. The molecule has 1 unspecified atom stereocenters. The molecular formula is C26H32BrN3O3S. The Labute approximate surface area is 213 Å². The van der Waals surface area contributed by atoms with Crippen LogP contribution < -0.4 is 10.6 Å². The smallest absolute Gasteiger partial charge is 0.248 e. The van der Waals surface area contributed by atoms with Crippen LogP contribution in [0.25, 0.3) is 0 Å². The maximum absolute atomic E-state index is 14.1. The first-order valence-corrected chi connectivity index (χ1v) is 13.5. The van der Waals surface area contributed by atoms with Gasteiger partial charge in [-0.25, -0.2) is 0 Å². The van der Waals surface area contributed by atoms with Crippen LogP contribution in [0.3, 0.4) is 0 Å². The number of rotatable bonds is 7. The fourth-order valence-corrected chi connectivity index (χ4v) is 6.63. The van der Waals surface area contributed by atoms with Gasteiger partial charge in [0.05, 0.1) is 3.79 Å². The lowest BCUT2D eigenvalue weighted by molar-refractivity contribution is -0.157. The van der Waals surface area contributed by atoms with E-state index in [-0.39, 0.29) is 35.6 Å². The van der Waals surface area contributed by atoms with Crippen molar-refractivity contribution in [3.63, 3.8) is 0 Å². The number of hydrogen-bond donors (Lipinski definition) is 2. The van der Waals surface area contributed by atoms with E-state index in [9.17, 15) is 14.4 Å². The van der Waals surface area contributed by atoms with Crippen molar-refractivity contribution >= 4 is 45.0 Å². The molecule has 3 atom stereocenters.